The third-order valence-electron chi connectivity index (χ3n) is 2.46. The minimum Gasteiger partial charge on any atom is -0.343 e. The molecule has 1 heterocycles. The lowest BCUT2D eigenvalue weighted by Gasteiger charge is -2.18. The first-order valence-electron chi connectivity index (χ1n) is 5.53. The molecule has 6 nitrogen and oxygen atoms in total. The van der Waals surface area contributed by atoms with Crippen LogP contribution in [0.15, 0.2) is 0 Å². The second-order valence-electron chi connectivity index (χ2n) is 4.09. The van der Waals surface area contributed by atoms with E-state index in [0.29, 0.717) is 0 Å². The Labute approximate surface area is 95.3 Å². The van der Waals surface area contributed by atoms with Crippen LogP contribution in [0.3, 0.4) is 0 Å². The summed E-state index contributed by atoms with van der Waals surface area (Å²) < 4.78 is 0. The molecule has 0 spiro atoms. The maximum Gasteiger partial charge on any atom is 0.243 e. The molecule has 1 fully saturated rings. The van der Waals surface area contributed by atoms with Crippen LogP contribution in [-0.2, 0) is 9.59 Å². The lowest BCUT2D eigenvalue weighted by molar-refractivity contribution is -0.129. The highest BCUT2D eigenvalue weighted by molar-refractivity contribution is 5.89. The van der Waals surface area contributed by atoms with Crippen molar-refractivity contribution in [2.75, 3.05) is 6.54 Å². The van der Waals surface area contributed by atoms with Crippen LogP contribution in [0.4, 0.5) is 0 Å². The molecule has 3 atom stereocenters. The zero-order valence-electron chi connectivity index (χ0n) is 9.69. The third kappa shape index (κ3) is 3.79. The van der Waals surface area contributed by atoms with Crippen molar-refractivity contribution in [3.8, 4) is 0 Å². The molecule has 4 N–H and O–H groups in total. The molecular weight excluding hydrogens is 208 g/mol. The number of amides is 2. The first-order valence-corrected chi connectivity index (χ1v) is 5.53. The molecule has 0 aromatic heterocycles. The Kier molecular flexibility index (Phi) is 4.70. The Morgan fingerprint density at radius 3 is 2.56 bits per heavy atom. The fourth-order valence-corrected chi connectivity index (χ4v) is 1.44. The summed E-state index contributed by atoms with van der Waals surface area (Å²) in [6.07, 6.45) is 1.78. The van der Waals surface area contributed by atoms with Crippen LogP contribution >= 0.6 is 0 Å². The average Bonchev–Trinajstić information content (AvgIpc) is 2.69. The standard InChI is InChI=1S/C10H19N4O2/c1-6(11)9(15)13-7(2)10(16)14-8-4-3-5-12-8/h6-8H,3-5,11H2,1-2H3,(H,13,15)(H,14,16). The van der Waals surface area contributed by atoms with Gasteiger partial charge in [0.2, 0.25) is 11.8 Å². The van der Waals surface area contributed by atoms with Crippen LogP contribution in [-0.4, -0.2) is 36.6 Å². The highest BCUT2D eigenvalue weighted by Crippen LogP contribution is 2.03. The van der Waals surface area contributed by atoms with E-state index in [1.165, 1.54) is 0 Å². The Balaban J connectivity index is 2.32. The third-order valence-corrected chi connectivity index (χ3v) is 2.46. The van der Waals surface area contributed by atoms with Crippen molar-refractivity contribution in [1.29, 1.82) is 0 Å². The summed E-state index contributed by atoms with van der Waals surface area (Å²) in [6, 6.07) is -1.18. The number of nitrogens with two attached hydrogens (primary N) is 1. The molecule has 16 heavy (non-hydrogen) atoms. The molecule has 1 saturated heterocycles. The highest BCUT2D eigenvalue weighted by Gasteiger charge is 2.22. The van der Waals surface area contributed by atoms with E-state index in [4.69, 9.17) is 5.73 Å². The summed E-state index contributed by atoms with van der Waals surface area (Å²) in [7, 11) is 0. The van der Waals surface area contributed by atoms with Gasteiger partial charge in [-0.05, 0) is 26.7 Å². The summed E-state index contributed by atoms with van der Waals surface area (Å²) in [6.45, 7) is 4.00. The summed E-state index contributed by atoms with van der Waals surface area (Å²) in [5, 5.41) is 9.50. The summed E-state index contributed by atoms with van der Waals surface area (Å²) in [5.74, 6) is -0.546. The molecule has 0 bridgehead atoms. The molecule has 0 saturated carbocycles. The highest BCUT2D eigenvalue weighted by atomic mass is 16.2. The molecule has 1 rings (SSSR count). The van der Waals surface area contributed by atoms with Gasteiger partial charge in [-0.15, -0.1) is 0 Å². The van der Waals surface area contributed by atoms with Gasteiger partial charge in [0.05, 0.1) is 12.2 Å². The maximum absolute atomic E-state index is 11.6. The zero-order valence-corrected chi connectivity index (χ0v) is 9.69. The smallest absolute Gasteiger partial charge is 0.243 e. The molecule has 1 aliphatic heterocycles. The molecule has 1 aliphatic rings. The molecule has 3 unspecified atom stereocenters. The molecule has 0 aromatic carbocycles. The number of rotatable bonds is 4. The van der Waals surface area contributed by atoms with E-state index in [1.807, 2.05) is 0 Å². The second-order valence-corrected chi connectivity index (χ2v) is 4.09. The molecule has 91 valence electrons. The van der Waals surface area contributed by atoms with Gasteiger partial charge in [-0.1, -0.05) is 0 Å². The largest absolute Gasteiger partial charge is 0.343 e. The molecular formula is C10H19N4O2. The fraction of sp³-hybridized carbons (Fsp3) is 0.800. The van der Waals surface area contributed by atoms with E-state index in [1.54, 1.807) is 13.8 Å². The van der Waals surface area contributed by atoms with Crippen LogP contribution in [0, 0.1) is 0 Å². The number of hydrogen-bond acceptors (Lipinski definition) is 3. The van der Waals surface area contributed by atoms with E-state index >= 15 is 0 Å². The van der Waals surface area contributed by atoms with Crippen molar-refractivity contribution in [2.24, 2.45) is 5.73 Å². The normalized spacial score (nSPS) is 23.6. The van der Waals surface area contributed by atoms with Crippen molar-refractivity contribution < 1.29 is 9.59 Å². The van der Waals surface area contributed by atoms with Crippen molar-refractivity contribution >= 4 is 11.8 Å². The van der Waals surface area contributed by atoms with E-state index in [0.717, 1.165) is 19.4 Å². The summed E-state index contributed by atoms with van der Waals surface area (Å²) in [5.41, 5.74) is 5.39. The van der Waals surface area contributed by atoms with Gasteiger partial charge in [0.25, 0.3) is 0 Å². The monoisotopic (exact) mass is 227 g/mol. The van der Waals surface area contributed by atoms with Gasteiger partial charge in [-0.2, -0.15) is 0 Å². The Morgan fingerprint density at radius 2 is 2.06 bits per heavy atom. The van der Waals surface area contributed by atoms with Crippen LogP contribution in [0.5, 0.6) is 0 Å². The van der Waals surface area contributed by atoms with Crippen LogP contribution in [0.2, 0.25) is 0 Å². The first kappa shape index (κ1) is 12.9. The first-order chi connectivity index (χ1) is 7.50. The van der Waals surface area contributed by atoms with E-state index < -0.39 is 12.1 Å². The van der Waals surface area contributed by atoms with E-state index in [9.17, 15) is 9.59 Å². The van der Waals surface area contributed by atoms with Crippen molar-refractivity contribution in [2.45, 2.75) is 44.9 Å². The Bertz CT molecular complexity index is 262. The van der Waals surface area contributed by atoms with Gasteiger partial charge in [-0.25, -0.2) is 5.32 Å². The second kappa shape index (κ2) is 5.81. The van der Waals surface area contributed by atoms with E-state index in [2.05, 4.69) is 16.0 Å². The van der Waals surface area contributed by atoms with Gasteiger partial charge in [0.1, 0.15) is 6.04 Å². The number of nitrogens with one attached hydrogen (secondary N) is 2. The Hall–Kier alpha value is -1.14. The lowest BCUT2D eigenvalue weighted by Crippen LogP contribution is -2.52. The van der Waals surface area contributed by atoms with E-state index in [-0.39, 0.29) is 18.0 Å². The molecule has 1 radical (unpaired) electrons. The number of carbonyl (C=O) groups is 2. The SMILES string of the molecule is CC(N)C(=O)NC(C)C(=O)NC1CCC[N]1. The van der Waals surface area contributed by atoms with Crippen LogP contribution < -0.4 is 21.7 Å². The number of nitrogens with zero attached hydrogens (tertiary/aromatic N) is 1. The molecule has 2 amide bonds. The minimum absolute atomic E-state index is 0.0952. The quantitative estimate of drug-likeness (QED) is 0.555. The van der Waals surface area contributed by atoms with Gasteiger partial charge in [0, 0.05) is 6.54 Å². The van der Waals surface area contributed by atoms with Crippen molar-refractivity contribution in [1.82, 2.24) is 16.0 Å². The van der Waals surface area contributed by atoms with Crippen LogP contribution in [0.25, 0.3) is 0 Å². The molecule has 0 aliphatic carbocycles. The van der Waals surface area contributed by atoms with Crippen LogP contribution in [0.1, 0.15) is 26.7 Å². The summed E-state index contributed by atoms with van der Waals surface area (Å²) in [4.78, 5) is 22.9. The fourth-order valence-electron chi connectivity index (χ4n) is 1.44. The van der Waals surface area contributed by atoms with Crippen molar-refractivity contribution in [3.63, 3.8) is 0 Å². The topological polar surface area (TPSA) is 98.3 Å². The molecule has 0 aromatic rings. The van der Waals surface area contributed by atoms with Gasteiger partial charge >= 0.3 is 0 Å². The van der Waals surface area contributed by atoms with Gasteiger partial charge in [0.15, 0.2) is 0 Å². The maximum atomic E-state index is 11.6. The Morgan fingerprint density at radius 1 is 1.38 bits per heavy atom. The van der Waals surface area contributed by atoms with Gasteiger partial charge in [-0.3, -0.25) is 9.59 Å². The zero-order chi connectivity index (χ0) is 12.1. The minimum atomic E-state index is -0.605. The average molecular weight is 227 g/mol. The van der Waals surface area contributed by atoms with Crippen molar-refractivity contribution in [3.05, 3.63) is 0 Å². The number of hydrogen-bond donors (Lipinski definition) is 3. The summed E-state index contributed by atoms with van der Waals surface area (Å²) >= 11 is 0. The predicted octanol–water partition coefficient (Wildman–Crippen LogP) is -1.32. The predicted molar refractivity (Wildman–Crippen MR) is 59.4 cm³/mol. The number of carbonyl (C=O) groups excluding carboxylic acids is 2. The molecule has 6 heteroatoms. The van der Waals surface area contributed by atoms with Gasteiger partial charge < -0.3 is 16.4 Å². The lowest BCUT2D eigenvalue weighted by atomic mass is 10.2.